The van der Waals surface area contributed by atoms with Crippen molar-refractivity contribution in [1.29, 1.82) is 0 Å². The average molecular weight is 234 g/mol. The van der Waals surface area contributed by atoms with Crippen molar-refractivity contribution < 1.29 is 9.84 Å². The van der Waals surface area contributed by atoms with E-state index in [9.17, 15) is 5.11 Å². The van der Waals surface area contributed by atoms with Crippen LogP contribution in [0.15, 0.2) is 43.0 Å². The van der Waals surface area contributed by atoms with Gasteiger partial charge in [-0.25, -0.2) is 0 Å². The Kier molecular flexibility index (Phi) is 5.95. The number of benzene rings is 1. The first-order valence-electron chi connectivity index (χ1n) is 6.06. The molecule has 0 radical (unpaired) electrons. The lowest BCUT2D eigenvalue weighted by molar-refractivity contribution is 0.101. The smallest absolute Gasteiger partial charge is 0.0716 e. The lowest BCUT2D eigenvalue weighted by atomic mass is 9.87. The van der Waals surface area contributed by atoms with E-state index in [0.29, 0.717) is 6.61 Å². The second-order valence-corrected chi connectivity index (χ2v) is 4.66. The first-order valence-corrected chi connectivity index (χ1v) is 6.06. The van der Waals surface area contributed by atoms with Crippen molar-refractivity contribution in [3.05, 3.63) is 48.6 Å². The van der Waals surface area contributed by atoms with Crippen LogP contribution in [0.25, 0.3) is 0 Å². The number of rotatable bonds is 8. The van der Waals surface area contributed by atoms with Gasteiger partial charge in [0, 0.05) is 12.0 Å². The second-order valence-electron chi connectivity index (χ2n) is 4.66. The van der Waals surface area contributed by atoms with Gasteiger partial charge in [0.1, 0.15) is 0 Å². The van der Waals surface area contributed by atoms with Crippen LogP contribution in [0.2, 0.25) is 0 Å². The highest BCUT2D eigenvalue weighted by Crippen LogP contribution is 2.23. The van der Waals surface area contributed by atoms with E-state index in [4.69, 9.17) is 4.74 Å². The van der Waals surface area contributed by atoms with Gasteiger partial charge in [-0.2, -0.15) is 0 Å². The monoisotopic (exact) mass is 234 g/mol. The summed E-state index contributed by atoms with van der Waals surface area (Å²) in [6, 6.07) is 10.1. The molecule has 17 heavy (non-hydrogen) atoms. The summed E-state index contributed by atoms with van der Waals surface area (Å²) >= 11 is 0. The molecule has 2 heteroatoms. The Hall–Kier alpha value is -1.12. The molecule has 0 aromatic heterocycles. The molecule has 0 aliphatic carbocycles. The van der Waals surface area contributed by atoms with Crippen molar-refractivity contribution >= 4 is 0 Å². The number of hydrogen-bond acceptors (Lipinski definition) is 2. The molecule has 94 valence electrons. The number of aliphatic hydroxyl groups is 1. The molecule has 0 fully saturated rings. The summed E-state index contributed by atoms with van der Waals surface area (Å²) in [5.41, 5.74) is 1.02. The van der Waals surface area contributed by atoms with Crippen LogP contribution in [0.1, 0.15) is 25.3 Å². The maximum Gasteiger partial charge on any atom is 0.0716 e. The van der Waals surface area contributed by atoms with Crippen molar-refractivity contribution in [3.8, 4) is 0 Å². The third kappa shape index (κ3) is 5.16. The van der Waals surface area contributed by atoms with Gasteiger partial charge >= 0.3 is 0 Å². The van der Waals surface area contributed by atoms with Crippen LogP contribution in [0.4, 0.5) is 0 Å². The summed E-state index contributed by atoms with van der Waals surface area (Å²) in [6.07, 6.45) is 3.67. The van der Waals surface area contributed by atoms with E-state index in [1.165, 1.54) is 5.56 Å². The quantitative estimate of drug-likeness (QED) is 0.553. The molecule has 1 unspecified atom stereocenters. The molecule has 0 saturated heterocycles. The Labute approximate surface area is 104 Å². The predicted molar refractivity (Wildman–Crippen MR) is 70.7 cm³/mol. The molecule has 0 bridgehead atoms. The van der Waals surface area contributed by atoms with Crippen molar-refractivity contribution in [3.63, 3.8) is 0 Å². The fourth-order valence-electron chi connectivity index (χ4n) is 1.59. The van der Waals surface area contributed by atoms with Crippen LogP contribution in [-0.4, -0.2) is 18.3 Å². The Balaban J connectivity index is 2.15. The maximum atomic E-state index is 9.21. The minimum atomic E-state index is -0.171. The van der Waals surface area contributed by atoms with Crippen LogP contribution in [0.3, 0.4) is 0 Å². The van der Waals surface area contributed by atoms with Gasteiger partial charge in [-0.15, -0.1) is 6.58 Å². The van der Waals surface area contributed by atoms with Crippen molar-refractivity contribution in [1.82, 2.24) is 0 Å². The molecular formula is C15H22O2. The van der Waals surface area contributed by atoms with Gasteiger partial charge in [0.25, 0.3) is 0 Å². The highest BCUT2D eigenvalue weighted by molar-refractivity contribution is 5.13. The SMILES string of the molecule is C=CC(C)(CO)CCCOCc1ccccc1. The van der Waals surface area contributed by atoms with Crippen molar-refractivity contribution in [2.75, 3.05) is 13.2 Å². The van der Waals surface area contributed by atoms with Gasteiger partial charge in [-0.05, 0) is 18.4 Å². The van der Waals surface area contributed by atoms with E-state index in [1.807, 2.05) is 31.2 Å². The normalized spacial score (nSPS) is 14.2. The molecule has 1 aromatic rings. The fraction of sp³-hybridized carbons (Fsp3) is 0.467. The molecule has 1 rings (SSSR count). The first-order chi connectivity index (χ1) is 8.20. The highest BCUT2D eigenvalue weighted by atomic mass is 16.5. The van der Waals surface area contributed by atoms with E-state index in [2.05, 4.69) is 18.7 Å². The summed E-state index contributed by atoms with van der Waals surface area (Å²) < 4.78 is 5.59. The first kappa shape index (κ1) is 13.9. The molecule has 2 nitrogen and oxygen atoms in total. The summed E-state index contributed by atoms with van der Waals surface area (Å²) in [5.74, 6) is 0. The second kappa shape index (κ2) is 7.25. The van der Waals surface area contributed by atoms with Crippen LogP contribution < -0.4 is 0 Å². The van der Waals surface area contributed by atoms with Crippen molar-refractivity contribution in [2.24, 2.45) is 5.41 Å². The van der Waals surface area contributed by atoms with E-state index in [-0.39, 0.29) is 12.0 Å². The third-order valence-electron chi connectivity index (χ3n) is 3.00. The van der Waals surface area contributed by atoms with Crippen LogP contribution >= 0.6 is 0 Å². The van der Waals surface area contributed by atoms with Crippen LogP contribution in [0, 0.1) is 5.41 Å². The van der Waals surface area contributed by atoms with Gasteiger partial charge < -0.3 is 9.84 Å². The average Bonchev–Trinajstić information content (AvgIpc) is 2.39. The van der Waals surface area contributed by atoms with Gasteiger partial charge in [0.15, 0.2) is 0 Å². The molecule has 0 spiro atoms. The van der Waals surface area contributed by atoms with Crippen LogP contribution in [-0.2, 0) is 11.3 Å². The van der Waals surface area contributed by atoms with E-state index < -0.39 is 0 Å². The molecular weight excluding hydrogens is 212 g/mol. The van der Waals surface area contributed by atoms with Gasteiger partial charge in [-0.1, -0.05) is 43.3 Å². The largest absolute Gasteiger partial charge is 0.395 e. The van der Waals surface area contributed by atoms with Gasteiger partial charge in [-0.3, -0.25) is 0 Å². The molecule has 1 N–H and O–H groups in total. The van der Waals surface area contributed by atoms with E-state index >= 15 is 0 Å². The fourth-order valence-corrected chi connectivity index (χ4v) is 1.59. The Morgan fingerprint density at radius 1 is 1.35 bits per heavy atom. The number of hydrogen-bond donors (Lipinski definition) is 1. The molecule has 0 aliphatic heterocycles. The van der Waals surface area contributed by atoms with E-state index in [1.54, 1.807) is 0 Å². The Morgan fingerprint density at radius 3 is 2.65 bits per heavy atom. The molecule has 0 amide bonds. The molecule has 0 saturated carbocycles. The Bertz CT molecular complexity index is 321. The Morgan fingerprint density at radius 2 is 2.06 bits per heavy atom. The van der Waals surface area contributed by atoms with Crippen LogP contribution in [0.5, 0.6) is 0 Å². The minimum absolute atomic E-state index is 0.148. The molecule has 0 aliphatic rings. The topological polar surface area (TPSA) is 29.5 Å². The maximum absolute atomic E-state index is 9.21. The number of ether oxygens (including phenoxy) is 1. The van der Waals surface area contributed by atoms with E-state index in [0.717, 1.165) is 19.4 Å². The zero-order valence-corrected chi connectivity index (χ0v) is 10.6. The zero-order chi connectivity index (χ0) is 12.6. The minimum Gasteiger partial charge on any atom is -0.395 e. The lowest BCUT2D eigenvalue weighted by Gasteiger charge is -2.22. The summed E-state index contributed by atoms with van der Waals surface area (Å²) in [5, 5.41) is 9.21. The van der Waals surface area contributed by atoms with Gasteiger partial charge in [0.2, 0.25) is 0 Å². The lowest BCUT2D eigenvalue weighted by Crippen LogP contribution is -2.18. The zero-order valence-electron chi connectivity index (χ0n) is 10.6. The highest BCUT2D eigenvalue weighted by Gasteiger charge is 2.17. The summed E-state index contributed by atoms with van der Waals surface area (Å²) in [4.78, 5) is 0. The number of aliphatic hydroxyl groups excluding tert-OH is 1. The molecule has 1 atom stereocenters. The predicted octanol–water partition coefficient (Wildman–Crippen LogP) is 3.17. The summed E-state index contributed by atoms with van der Waals surface area (Å²) in [6.45, 7) is 7.29. The standard InChI is InChI=1S/C15H22O2/c1-3-15(2,13-16)10-7-11-17-12-14-8-5-4-6-9-14/h3-6,8-9,16H,1,7,10-13H2,2H3. The molecule has 0 heterocycles. The summed E-state index contributed by atoms with van der Waals surface area (Å²) in [7, 11) is 0. The van der Waals surface area contributed by atoms with Crippen molar-refractivity contribution in [2.45, 2.75) is 26.4 Å². The molecule has 1 aromatic carbocycles. The van der Waals surface area contributed by atoms with Gasteiger partial charge in [0.05, 0.1) is 13.2 Å². The third-order valence-corrected chi connectivity index (χ3v) is 3.00.